The zero-order valence-electron chi connectivity index (χ0n) is 11.8. The lowest BCUT2D eigenvalue weighted by Gasteiger charge is -2.29. The van der Waals surface area contributed by atoms with Gasteiger partial charge in [-0.3, -0.25) is 11.3 Å². The molecule has 1 saturated carbocycles. The van der Waals surface area contributed by atoms with Gasteiger partial charge in [-0.05, 0) is 48.9 Å². The number of hydrogen-bond donors (Lipinski definition) is 2. The van der Waals surface area contributed by atoms with Crippen LogP contribution in [-0.4, -0.2) is 0 Å². The average Bonchev–Trinajstić information content (AvgIpc) is 2.31. The van der Waals surface area contributed by atoms with Gasteiger partial charge in [0.25, 0.3) is 0 Å². The van der Waals surface area contributed by atoms with Crippen LogP contribution in [0.2, 0.25) is 0 Å². The van der Waals surface area contributed by atoms with Gasteiger partial charge in [0.1, 0.15) is 5.82 Å². The third-order valence-electron chi connectivity index (χ3n) is 4.22. The molecular weight excluding hydrogens is 239 g/mol. The number of aryl methyl sites for hydroxylation is 1. The lowest BCUT2D eigenvalue weighted by molar-refractivity contribution is 0.290. The van der Waals surface area contributed by atoms with Crippen molar-refractivity contribution in [3.05, 3.63) is 35.1 Å². The van der Waals surface area contributed by atoms with Crippen LogP contribution in [0.1, 0.15) is 62.1 Å². The summed E-state index contributed by atoms with van der Waals surface area (Å²) in [5, 5.41) is 0. The predicted octanol–water partition coefficient (Wildman–Crippen LogP) is 4.00. The second kappa shape index (κ2) is 7.01. The van der Waals surface area contributed by atoms with E-state index in [0.29, 0.717) is 5.92 Å². The molecule has 2 rings (SSSR count). The standard InChI is InChI=1S/C16H25FN2/c1-12-9-14(11-15(17)10-12)16(19-18)13-7-5-3-2-4-6-8-13/h9-11,13,16,19H,2-8,18H2,1H3. The van der Waals surface area contributed by atoms with Crippen molar-refractivity contribution in [2.45, 2.75) is 57.9 Å². The highest BCUT2D eigenvalue weighted by Crippen LogP contribution is 2.33. The fraction of sp³-hybridized carbons (Fsp3) is 0.625. The first kappa shape index (κ1) is 14.5. The Morgan fingerprint density at radius 1 is 1.11 bits per heavy atom. The van der Waals surface area contributed by atoms with Gasteiger partial charge in [0.2, 0.25) is 0 Å². The zero-order valence-corrected chi connectivity index (χ0v) is 11.8. The Hall–Kier alpha value is -0.930. The fourth-order valence-corrected chi connectivity index (χ4v) is 3.27. The first-order chi connectivity index (χ1) is 9.20. The van der Waals surface area contributed by atoms with Crippen LogP contribution < -0.4 is 11.3 Å². The highest BCUT2D eigenvalue weighted by molar-refractivity contribution is 5.26. The minimum Gasteiger partial charge on any atom is -0.271 e. The van der Waals surface area contributed by atoms with E-state index in [-0.39, 0.29) is 11.9 Å². The zero-order chi connectivity index (χ0) is 13.7. The molecule has 1 aliphatic carbocycles. The molecule has 1 aromatic rings. The summed E-state index contributed by atoms with van der Waals surface area (Å²) in [7, 11) is 0. The van der Waals surface area contributed by atoms with Gasteiger partial charge in [-0.15, -0.1) is 0 Å². The third-order valence-corrected chi connectivity index (χ3v) is 4.22. The molecule has 1 unspecified atom stereocenters. The molecule has 1 atom stereocenters. The number of rotatable bonds is 3. The molecule has 0 saturated heterocycles. The van der Waals surface area contributed by atoms with Crippen LogP contribution in [0, 0.1) is 18.7 Å². The Labute approximate surface area is 115 Å². The van der Waals surface area contributed by atoms with E-state index in [4.69, 9.17) is 5.84 Å². The Balaban J connectivity index is 2.16. The first-order valence-electron chi connectivity index (χ1n) is 7.44. The molecule has 1 aromatic carbocycles. The minimum atomic E-state index is -0.166. The van der Waals surface area contributed by atoms with Gasteiger partial charge in [0.05, 0.1) is 0 Å². The molecule has 0 aliphatic heterocycles. The minimum absolute atomic E-state index is 0.0764. The summed E-state index contributed by atoms with van der Waals surface area (Å²) in [4.78, 5) is 0. The van der Waals surface area contributed by atoms with E-state index < -0.39 is 0 Å². The molecule has 0 spiro atoms. The molecule has 3 N–H and O–H groups in total. The van der Waals surface area contributed by atoms with Crippen molar-refractivity contribution in [3.8, 4) is 0 Å². The van der Waals surface area contributed by atoms with Crippen molar-refractivity contribution >= 4 is 0 Å². The second-order valence-electron chi connectivity index (χ2n) is 5.81. The molecule has 1 aliphatic rings. The lowest BCUT2D eigenvalue weighted by atomic mass is 9.83. The average molecular weight is 264 g/mol. The number of hydrogen-bond acceptors (Lipinski definition) is 2. The summed E-state index contributed by atoms with van der Waals surface area (Å²) in [6.07, 6.45) is 8.88. The van der Waals surface area contributed by atoms with Crippen LogP contribution in [0.25, 0.3) is 0 Å². The Kier molecular flexibility index (Phi) is 5.34. The fourth-order valence-electron chi connectivity index (χ4n) is 3.27. The van der Waals surface area contributed by atoms with Crippen LogP contribution in [-0.2, 0) is 0 Å². The summed E-state index contributed by atoms with van der Waals surface area (Å²) in [6, 6.07) is 5.31. The number of nitrogens with two attached hydrogens (primary N) is 1. The summed E-state index contributed by atoms with van der Waals surface area (Å²) in [5.41, 5.74) is 4.87. The molecule has 1 fully saturated rings. The molecule has 0 bridgehead atoms. The Morgan fingerprint density at radius 3 is 2.32 bits per heavy atom. The Morgan fingerprint density at radius 2 is 1.74 bits per heavy atom. The van der Waals surface area contributed by atoms with Crippen molar-refractivity contribution in [1.29, 1.82) is 0 Å². The summed E-state index contributed by atoms with van der Waals surface area (Å²) < 4.78 is 13.6. The van der Waals surface area contributed by atoms with E-state index in [1.165, 1.54) is 44.9 Å². The van der Waals surface area contributed by atoms with Crippen LogP contribution >= 0.6 is 0 Å². The van der Waals surface area contributed by atoms with Crippen molar-refractivity contribution < 1.29 is 4.39 Å². The summed E-state index contributed by atoms with van der Waals surface area (Å²) in [6.45, 7) is 1.93. The lowest BCUT2D eigenvalue weighted by Crippen LogP contribution is -2.34. The number of benzene rings is 1. The highest BCUT2D eigenvalue weighted by atomic mass is 19.1. The van der Waals surface area contributed by atoms with Crippen molar-refractivity contribution in [3.63, 3.8) is 0 Å². The number of halogens is 1. The molecular formula is C16H25FN2. The monoisotopic (exact) mass is 264 g/mol. The molecule has 2 nitrogen and oxygen atoms in total. The predicted molar refractivity (Wildman–Crippen MR) is 77.0 cm³/mol. The SMILES string of the molecule is Cc1cc(F)cc(C(NN)C2CCCCCCC2)c1. The van der Waals surface area contributed by atoms with Gasteiger partial charge in [0.15, 0.2) is 0 Å². The van der Waals surface area contributed by atoms with E-state index in [1.807, 2.05) is 13.0 Å². The van der Waals surface area contributed by atoms with E-state index in [1.54, 1.807) is 12.1 Å². The van der Waals surface area contributed by atoms with Crippen molar-refractivity contribution in [2.24, 2.45) is 11.8 Å². The summed E-state index contributed by atoms with van der Waals surface area (Å²) in [5.74, 6) is 6.11. The number of hydrazine groups is 1. The second-order valence-corrected chi connectivity index (χ2v) is 5.81. The van der Waals surface area contributed by atoms with Gasteiger partial charge >= 0.3 is 0 Å². The van der Waals surface area contributed by atoms with Crippen molar-refractivity contribution in [1.82, 2.24) is 5.43 Å². The van der Waals surface area contributed by atoms with Crippen LogP contribution in [0.4, 0.5) is 4.39 Å². The third kappa shape index (κ3) is 4.02. The molecule has 0 aromatic heterocycles. The van der Waals surface area contributed by atoms with E-state index >= 15 is 0 Å². The van der Waals surface area contributed by atoms with E-state index in [0.717, 1.165) is 11.1 Å². The molecule has 3 heteroatoms. The van der Waals surface area contributed by atoms with Gasteiger partial charge < -0.3 is 0 Å². The van der Waals surface area contributed by atoms with E-state index in [9.17, 15) is 4.39 Å². The quantitative estimate of drug-likeness (QED) is 0.639. The molecule has 0 radical (unpaired) electrons. The van der Waals surface area contributed by atoms with Gasteiger partial charge in [0, 0.05) is 6.04 Å². The van der Waals surface area contributed by atoms with Crippen molar-refractivity contribution in [2.75, 3.05) is 0 Å². The van der Waals surface area contributed by atoms with Gasteiger partial charge in [-0.2, -0.15) is 0 Å². The molecule has 0 amide bonds. The number of nitrogens with one attached hydrogen (secondary N) is 1. The van der Waals surface area contributed by atoms with Gasteiger partial charge in [-0.1, -0.05) is 38.2 Å². The maximum Gasteiger partial charge on any atom is 0.123 e. The maximum atomic E-state index is 13.6. The first-order valence-corrected chi connectivity index (χ1v) is 7.44. The smallest absolute Gasteiger partial charge is 0.123 e. The largest absolute Gasteiger partial charge is 0.271 e. The molecule has 19 heavy (non-hydrogen) atoms. The molecule has 106 valence electrons. The van der Waals surface area contributed by atoms with E-state index in [2.05, 4.69) is 5.43 Å². The highest BCUT2D eigenvalue weighted by Gasteiger charge is 2.23. The molecule has 0 heterocycles. The normalized spacial score (nSPS) is 19.7. The van der Waals surface area contributed by atoms with Crippen LogP contribution in [0.5, 0.6) is 0 Å². The van der Waals surface area contributed by atoms with Crippen LogP contribution in [0.3, 0.4) is 0 Å². The van der Waals surface area contributed by atoms with Crippen LogP contribution in [0.15, 0.2) is 18.2 Å². The Bertz CT molecular complexity index is 377. The summed E-state index contributed by atoms with van der Waals surface area (Å²) >= 11 is 0. The van der Waals surface area contributed by atoms with Gasteiger partial charge in [-0.25, -0.2) is 4.39 Å². The topological polar surface area (TPSA) is 38.0 Å². The maximum absolute atomic E-state index is 13.6.